The lowest BCUT2D eigenvalue weighted by Gasteiger charge is -2.35. The number of ether oxygens (including phenoxy) is 1. The quantitative estimate of drug-likeness (QED) is 0.879. The molecule has 1 fully saturated rings. The van der Waals surface area contributed by atoms with Gasteiger partial charge in [0.1, 0.15) is 5.75 Å². The molecular weight excluding hydrogens is 246 g/mol. The minimum Gasteiger partial charge on any atom is -0.496 e. The fourth-order valence-corrected chi connectivity index (χ4v) is 3.91. The van der Waals surface area contributed by atoms with Gasteiger partial charge in [-0.2, -0.15) is 0 Å². The Kier molecular flexibility index (Phi) is 4.43. The van der Waals surface area contributed by atoms with Crippen molar-refractivity contribution in [1.82, 2.24) is 5.32 Å². The van der Waals surface area contributed by atoms with E-state index >= 15 is 0 Å². The Bertz CT molecular complexity index is 479. The number of nitrogens with one attached hydrogen (secondary N) is 1. The van der Waals surface area contributed by atoms with E-state index in [2.05, 4.69) is 52.2 Å². The van der Waals surface area contributed by atoms with Crippen LogP contribution in [0.1, 0.15) is 55.8 Å². The molecule has 1 aliphatic rings. The van der Waals surface area contributed by atoms with Crippen molar-refractivity contribution in [2.45, 2.75) is 53.0 Å². The maximum Gasteiger partial charge on any atom is 0.122 e. The van der Waals surface area contributed by atoms with Crippen molar-refractivity contribution in [3.63, 3.8) is 0 Å². The molecule has 2 unspecified atom stereocenters. The summed E-state index contributed by atoms with van der Waals surface area (Å²) in [7, 11) is 3.84. The summed E-state index contributed by atoms with van der Waals surface area (Å²) in [6.45, 7) is 9.17. The molecule has 20 heavy (non-hydrogen) atoms. The summed E-state index contributed by atoms with van der Waals surface area (Å²) in [6.07, 6.45) is 4.01. The van der Waals surface area contributed by atoms with E-state index in [0.717, 1.165) is 5.75 Å². The first-order chi connectivity index (χ1) is 9.40. The summed E-state index contributed by atoms with van der Waals surface area (Å²) >= 11 is 0. The molecule has 2 atom stereocenters. The first kappa shape index (κ1) is 15.4. The zero-order chi connectivity index (χ0) is 14.9. The van der Waals surface area contributed by atoms with E-state index < -0.39 is 0 Å². The van der Waals surface area contributed by atoms with Crippen molar-refractivity contribution in [2.24, 2.45) is 11.3 Å². The zero-order valence-electron chi connectivity index (χ0n) is 13.8. The largest absolute Gasteiger partial charge is 0.496 e. The molecule has 0 bridgehead atoms. The van der Waals surface area contributed by atoms with E-state index in [1.54, 1.807) is 7.11 Å². The van der Waals surface area contributed by atoms with Crippen molar-refractivity contribution in [3.05, 3.63) is 28.8 Å². The van der Waals surface area contributed by atoms with Gasteiger partial charge in [-0.25, -0.2) is 0 Å². The summed E-state index contributed by atoms with van der Waals surface area (Å²) in [4.78, 5) is 0. The minimum atomic E-state index is 0.425. The van der Waals surface area contributed by atoms with Crippen LogP contribution in [-0.4, -0.2) is 14.2 Å². The molecule has 1 saturated carbocycles. The maximum atomic E-state index is 5.44. The molecule has 0 aliphatic heterocycles. The van der Waals surface area contributed by atoms with Crippen LogP contribution in [-0.2, 0) is 0 Å². The Morgan fingerprint density at radius 1 is 1.25 bits per heavy atom. The van der Waals surface area contributed by atoms with Crippen LogP contribution in [0.2, 0.25) is 0 Å². The van der Waals surface area contributed by atoms with Gasteiger partial charge >= 0.3 is 0 Å². The molecule has 0 spiro atoms. The maximum absolute atomic E-state index is 5.44. The van der Waals surface area contributed by atoms with Gasteiger partial charge in [0.2, 0.25) is 0 Å². The van der Waals surface area contributed by atoms with Crippen molar-refractivity contribution in [1.29, 1.82) is 0 Å². The van der Waals surface area contributed by atoms with E-state index in [9.17, 15) is 0 Å². The number of rotatable bonds is 4. The van der Waals surface area contributed by atoms with Crippen LogP contribution in [0.3, 0.4) is 0 Å². The number of methoxy groups -OCH3 is 1. The van der Waals surface area contributed by atoms with E-state index in [1.165, 1.54) is 36.0 Å². The lowest BCUT2D eigenvalue weighted by molar-refractivity contribution is 0.203. The Balaban J connectivity index is 2.40. The monoisotopic (exact) mass is 275 g/mol. The highest BCUT2D eigenvalue weighted by Crippen LogP contribution is 2.49. The van der Waals surface area contributed by atoms with E-state index in [1.807, 2.05) is 0 Å². The Labute approximate surface area is 123 Å². The Morgan fingerprint density at radius 3 is 2.45 bits per heavy atom. The predicted octanol–water partition coefficient (Wildman–Crippen LogP) is 4.40. The summed E-state index contributed by atoms with van der Waals surface area (Å²) < 4.78 is 5.44. The van der Waals surface area contributed by atoms with Crippen molar-refractivity contribution in [3.8, 4) is 5.75 Å². The summed E-state index contributed by atoms with van der Waals surface area (Å²) in [5.74, 6) is 1.70. The average Bonchev–Trinajstić information content (AvgIpc) is 2.74. The first-order valence-electron chi connectivity index (χ1n) is 7.73. The van der Waals surface area contributed by atoms with E-state index in [0.29, 0.717) is 17.4 Å². The van der Waals surface area contributed by atoms with Crippen LogP contribution in [0.25, 0.3) is 0 Å². The molecule has 2 heteroatoms. The second-order valence-electron chi connectivity index (χ2n) is 6.93. The van der Waals surface area contributed by atoms with E-state index in [4.69, 9.17) is 4.74 Å². The normalized spacial score (nSPS) is 22.8. The van der Waals surface area contributed by atoms with Gasteiger partial charge in [0.15, 0.2) is 0 Å². The van der Waals surface area contributed by atoms with Gasteiger partial charge in [-0.1, -0.05) is 26.3 Å². The van der Waals surface area contributed by atoms with Crippen LogP contribution in [0.15, 0.2) is 12.1 Å². The number of hydrogen-bond donors (Lipinski definition) is 1. The number of benzene rings is 1. The average molecular weight is 275 g/mol. The van der Waals surface area contributed by atoms with Gasteiger partial charge in [0.05, 0.1) is 7.11 Å². The molecule has 0 heterocycles. The summed E-state index contributed by atoms with van der Waals surface area (Å²) in [5.41, 5.74) is 4.41. The molecule has 1 N–H and O–H groups in total. The van der Waals surface area contributed by atoms with Crippen molar-refractivity contribution >= 4 is 0 Å². The first-order valence-corrected chi connectivity index (χ1v) is 7.73. The molecule has 0 radical (unpaired) electrons. The summed E-state index contributed by atoms with van der Waals surface area (Å²) in [5, 5.41) is 3.58. The number of hydrogen-bond acceptors (Lipinski definition) is 2. The zero-order valence-corrected chi connectivity index (χ0v) is 13.8. The van der Waals surface area contributed by atoms with Crippen LogP contribution < -0.4 is 10.1 Å². The van der Waals surface area contributed by atoms with Gasteiger partial charge in [0, 0.05) is 6.04 Å². The van der Waals surface area contributed by atoms with Crippen LogP contribution in [0, 0.1) is 25.2 Å². The third-order valence-corrected chi connectivity index (χ3v) is 5.17. The molecule has 2 nitrogen and oxygen atoms in total. The predicted molar refractivity (Wildman–Crippen MR) is 85.4 cm³/mol. The molecule has 0 amide bonds. The molecule has 1 aliphatic carbocycles. The lowest BCUT2D eigenvalue weighted by atomic mass is 9.74. The van der Waals surface area contributed by atoms with Gasteiger partial charge in [-0.05, 0) is 67.8 Å². The van der Waals surface area contributed by atoms with Crippen molar-refractivity contribution in [2.75, 3.05) is 14.2 Å². The second kappa shape index (κ2) is 5.77. The topological polar surface area (TPSA) is 21.3 Å². The Morgan fingerprint density at radius 2 is 1.95 bits per heavy atom. The molecule has 2 rings (SSSR count). The highest BCUT2D eigenvalue weighted by atomic mass is 16.5. The molecule has 112 valence electrons. The highest BCUT2D eigenvalue weighted by Gasteiger charge is 2.40. The van der Waals surface area contributed by atoms with Crippen LogP contribution >= 0.6 is 0 Å². The molecule has 1 aromatic carbocycles. The fourth-order valence-electron chi connectivity index (χ4n) is 3.91. The van der Waals surface area contributed by atoms with Gasteiger partial charge in [-0.15, -0.1) is 0 Å². The molecule has 0 saturated heterocycles. The lowest BCUT2D eigenvalue weighted by Crippen LogP contribution is -2.32. The van der Waals surface area contributed by atoms with Gasteiger partial charge in [-0.3, -0.25) is 0 Å². The number of aryl methyl sites for hydroxylation is 2. The molecule has 0 aromatic heterocycles. The second-order valence-corrected chi connectivity index (χ2v) is 6.93. The van der Waals surface area contributed by atoms with Gasteiger partial charge < -0.3 is 10.1 Å². The third-order valence-electron chi connectivity index (χ3n) is 5.17. The smallest absolute Gasteiger partial charge is 0.122 e. The summed E-state index contributed by atoms with van der Waals surface area (Å²) in [6, 6.07) is 4.93. The molecule has 1 aromatic rings. The van der Waals surface area contributed by atoms with Crippen LogP contribution in [0.5, 0.6) is 5.75 Å². The molecular formula is C18H29NO. The van der Waals surface area contributed by atoms with E-state index in [-0.39, 0.29) is 0 Å². The van der Waals surface area contributed by atoms with Crippen LogP contribution in [0.4, 0.5) is 0 Å². The third kappa shape index (κ3) is 2.71. The minimum absolute atomic E-state index is 0.425. The Hall–Kier alpha value is -1.02. The standard InChI is InChI=1S/C18H29NO/c1-12-11-16(20-6)13(2)10-14(12)17(19-5)15-8-7-9-18(15,3)4/h10-11,15,17,19H,7-9H2,1-6H3. The van der Waals surface area contributed by atoms with Crippen molar-refractivity contribution < 1.29 is 4.74 Å². The SMILES string of the molecule is CNC(c1cc(C)c(OC)cc1C)C1CCCC1(C)C. The highest BCUT2D eigenvalue weighted by molar-refractivity contribution is 5.43. The fraction of sp³-hybridized carbons (Fsp3) is 0.667. The van der Waals surface area contributed by atoms with Gasteiger partial charge in [0.25, 0.3) is 0 Å².